The lowest BCUT2D eigenvalue weighted by Crippen LogP contribution is -2.48. The summed E-state index contributed by atoms with van der Waals surface area (Å²) in [5.74, 6) is -0.704. The van der Waals surface area contributed by atoms with E-state index in [0.29, 0.717) is 17.8 Å². The zero-order valence-electron chi connectivity index (χ0n) is 17.8. The Labute approximate surface area is 187 Å². The van der Waals surface area contributed by atoms with E-state index in [1.807, 2.05) is 36.4 Å². The molecule has 1 aromatic heterocycles. The molecule has 2 heterocycles. The highest BCUT2D eigenvalue weighted by molar-refractivity contribution is 5.68. The van der Waals surface area contributed by atoms with Gasteiger partial charge in [0.1, 0.15) is 0 Å². The Morgan fingerprint density at radius 3 is 1.75 bits per heavy atom. The van der Waals surface area contributed by atoms with Crippen molar-refractivity contribution in [1.82, 2.24) is 19.8 Å². The minimum atomic E-state index is -0.738. The fourth-order valence-corrected chi connectivity index (χ4v) is 3.98. The first-order chi connectivity index (χ1) is 15.6. The number of aromatic nitrogens is 1. The number of benzene rings is 2. The minimum absolute atomic E-state index is 0.197. The van der Waals surface area contributed by atoms with E-state index in [4.69, 9.17) is 4.84 Å². The van der Waals surface area contributed by atoms with E-state index in [1.54, 1.807) is 0 Å². The lowest BCUT2D eigenvalue weighted by Gasteiger charge is -2.25. The maximum Gasteiger partial charge on any atom is 0.432 e. The van der Waals surface area contributed by atoms with Gasteiger partial charge in [-0.05, 0) is 11.1 Å². The smallest absolute Gasteiger partial charge is 0.432 e. The molecule has 8 heteroatoms. The maximum absolute atomic E-state index is 12.5. The van der Waals surface area contributed by atoms with Gasteiger partial charge in [-0.15, -0.1) is 4.73 Å². The highest BCUT2D eigenvalue weighted by atomic mass is 16.7. The fourth-order valence-electron chi connectivity index (χ4n) is 3.98. The summed E-state index contributed by atoms with van der Waals surface area (Å²) < 4.78 is 0.690. The second-order valence-corrected chi connectivity index (χ2v) is 8.01. The lowest BCUT2D eigenvalue weighted by atomic mass is 10.2. The molecule has 32 heavy (non-hydrogen) atoms. The summed E-state index contributed by atoms with van der Waals surface area (Å²) in [6.07, 6.45) is -0.738. The molecule has 0 radical (unpaired) electrons. The lowest BCUT2D eigenvalue weighted by molar-refractivity contribution is 0.102. The van der Waals surface area contributed by atoms with Gasteiger partial charge in [0.05, 0.1) is 6.04 Å². The Balaban J connectivity index is 1.45. The van der Waals surface area contributed by atoms with Crippen LogP contribution in [0.2, 0.25) is 0 Å². The van der Waals surface area contributed by atoms with Crippen LogP contribution in [0.5, 0.6) is 11.8 Å². The van der Waals surface area contributed by atoms with Crippen molar-refractivity contribution in [2.24, 2.45) is 0 Å². The predicted octanol–water partition coefficient (Wildman–Crippen LogP) is 2.42. The van der Waals surface area contributed by atoms with Gasteiger partial charge in [-0.25, -0.2) is 4.79 Å². The van der Waals surface area contributed by atoms with Crippen LogP contribution in [0.3, 0.4) is 0 Å². The molecule has 0 unspecified atom stereocenters. The third-order valence-electron chi connectivity index (χ3n) is 5.48. The molecule has 3 aromatic rings. The maximum atomic E-state index is 12.5. The zero-order chi connectivity index (χ0) is 22.3. The molecule has 0 aliphatic carbocycles. The van der Waals surface area contributed by atoms with Crippen molar-refractivity contribution in [3.8, 4) is 11.8 Å². The average molecular weight is 437 g/mol. The Morgan fingerprint density at radius 1 is 0.812 bits per heavy atom. The summed E-state index contributed by atoms with van der Waals surface area (Å²) in [5, 5.41) is 22.3. The van der Waals surface area contributed by atoms with E-state index in [1.165, 1.54) is 23.3 Å². The first kappa shape index (κ1) is 21.7. The first-order valence-corrected chi connectivity index (χ1v) is 10.7. The zero-order valence-corrected chi connectivity index (χ0v) is 17.8. The van der Waals surface area contributed by atoms with Crippen LogP contribution >= 0.6 is 0 Å². The predicted molar refractivity (Wildman–Crippen MR) is 120 cm³/mol. The summed E-state index contributed by atoms with van der Waals surface area (Å²) in [6.45, 7) is 4.61. The van der Waals surface area contributed by atoms with Crippen LogP contribution in [-0.4, -0.2) is 63.1 Å². The highest BCUT2D eigenvalue weighted by Gasteiger charge is 2.25. The number of rotatable bonds is 6. The molecular formula is C24H28N4O4. The van der Waals surface area contributed by atoms with Crippen molar-refractivity contribution in [3.63, 3.8) is 0 Å². The Bertz CT molecular complexity index is 938. The molecule has 0 saturated carbocycles. The highest BCUT2D eigenvalue weighted by Crippen LogP contribution is 2.19. The largest absolute Gasteiger partial charge is 0.492 e. The summed E-state index contributed by atoms with van der Waals surface area (Å²) in [6, 6.07) is 22.8. The summed E-state index contributed by atoms with van der Waals surface area (Å²) in [7, 11) is 0. The number of nitrogens with one attached hydrogen (secondary N) is 1. The van der Waals surface area contributed by atoms with Crippen LogP contribution in [-0.2, 0) is 13.1 Å². The molecule has 1 aliphatic heterocycles. The fraction of sp³-hybridized carbons (Fsp3) is 0.292. The van der Waals surface area contributed by atoms with Gasteiger partial charge >= 0.3 is 6.09 Å². The molecule has 8 nitrogen and oxygen atoms in total. The molecule has 0 bridgehead atoms. The van der Waals surface area contributed by atoms with E-state index in [2.05, 4.69) is 39.4 Å². The van der Waals surface area contributed by atoms with Gasteiger partial charge in [0.2, 0.25) is 11.8 Å². The monoisotopic (exact) mass is 436 g/mol. The molecule has 168 valence electrons. The van der Waals surface area contributed by atoms with E-state index in [9.17, 15) is 15.0 Å². The second-order valence-electron chi connectivity index (χ2n) is 8.01. The molecule has 1 saturated heterocycles. The number of hydrogen-bond donors (Lipinski definition) is 3. The minimum Gasteiger partial charge on any atom is -0.492 e. The SMILES string of the molecule is O=C(NC1CN(Cc2ccccc2)CCN(Cc2ccccc2)C1)On1c(O)ccc1O. The quantitative estimate of drug-likeness (QED) is 0.550. The molecule has 1 fully saturated rings. The van der Waals surface area contributed by atoms with Crippen molar-refractivity contribution in [3.05, 3.63) is 83.9 Å². The molecule has 4 rings (SSSR count). The normalized spacial score (nSPS) is 15.9. The molecule has 0 spiro atoms. The van der Waals surface area contributed by atoms with E-state index in [-0.39, 0.29) is 17.8 Å². The Kier molecular flexibility index (Phi) is 6.94. The van der Waals surface area contributed by atoms with Gasteiger partial charge in [-0.2, -0.15) is 0 Å². The van der Waals surface area contributed by atoms with E-state index in [0.717, 1.165) is 26.2 Å². The Hall–Kier alpha value is -3.49. The topological polar surface area (TPSA) is 90.2 Å². The summed E-state index contributed by atoms with van der Waals surface area (Å²) >= 11 is 0. The van der Waals surface area contributed by atoms with Gasteiger partial charge < -0.3 is 20.4 Å². The van der Waals surface area contributed by atoms with Crippen molar-refractivity contribution in [1.29, 1.82) is 0 Å². The van der Waals surface area contributed by atoms with Gasteiger partial charge in [-0.1, -0.05) is 60.7 Å². The van der Waals surface area contributed by atoms with Crippen LogP contribution < -0.4 is 10.2 Å². The van der Waals surface area contributed by atoms with Gasteiger partial charge in [0.25, 0.3) is 0 Å². The van der Waals surface area contributed by atoms with Crippen molar-refractivity contribution in [2.45, 2.75) is 19.1 Å². The molecule has 3 N–H and O–H groups in total. The average Bonchev–Trinajstić information content (AvgIpc) is 2.99. The van der Waals surface area contributed by atoms with E-state index >= 15 is 0 Å². The molecule has 2 aromatic carbocycles. The second kappa shape index (κ2) is 10.2. The molecule has 0 atom stereocenters. The number of carbonyl (C=O) groups is 1. The molecule has 1 aliphatic rings. The van der Waals surface area contributed by atoms with Crippen LogP contribution in [0.25, 0.3) is 0 Å². The number of aromatic hydroxyl groups is 2. The first-order valence-electron chi connectivity index (χ1n) is 10.7. The van der Waals surface area contributed by atoms with Crippen LogP contribution in [0, 0.1) is 0 Å². The van der Waals surface area contributed by atoms with Gasteiger partial charge in [-0.3, -0.25) is 9.80 Å². The number of carbonyl (C=O) groups excluding carboxylic acids is 1. The molecule has 1 amide bonds. The van der Waals surface area contributed by atoms with E-state index < -0.39 is 6.09 Å². The van der Waals surface area contributed by atoms with Gasteiger partial charge in [0, 0.05) is 51.4 Å². The summed E-state index contributed by atoms with van der Waals surface area (Å²) in [4.78, 5) is 22.2. The Morgan fingerprint density at radius 2 is 1.28 bits per heavy atom. The number of amides is 1. The van der Waals surface area contributed by atoms with Crippen LogP contribution in [0.4, 0.5) is 4.79 Å². The van der Waals surface area contributed by atoms with Crippen LogP contribution in [0.1, 0.15) is 11.1 Å². The van der Waals surface area contributed by atoms with Crippen LogP contribution in [0.15, 0.2) is 72.8 Å². The third kappa shape index (κ3) is 5.81. The van der Waals surface area contributed by atoms with Gasteiger partial charge in [0.15, 0.2) is 0 Å². The van der Waals surface area contributed by atoms with Crippen molar-refractivity contribution in [2.75, 3.05) is 26.2 Å². The van der Waals surface area contributed by atoms with Crippen molar-refractivity contribution >= 4 is 6.09 Å². The summed E-state index contributed by atoms with van der Waals surface area (Å²) in [5.41, 5.74) is 2.43. The third-order valence-corrected chi connectivity index (χ3v) is 5.48. The standard InChI is InChI=1S/C24H28N4O4/c29-22-11-12-23(30)28(22)32-24(31)25-21-17-26(15-19-7-3-1-4-8-19)13-14-27(18-21)16-20-9-5-2-6-10-20/h1-12,21,29-30H,13-18H2,(H,25,31). The number of hydrogen-bond acceptors (Lipinski definition) is 6. The van der Waals surface area contributed by atoms with Crippen molar-refractivity contribution < 1.29 is 19.8 Å². The number of nitrogens with zero attached hydrogens (tertiary/aromatic N) is 3. The molecular weight excluding hydrogens is 408 g/mol.